The number of hydrogen-bond acceptors (Lipinski definition) is 5. The molecule has 4 N–H and O–H groups in total. The van der Waals surface area contributed by atoms with Gasteiger partial charge in [-0.3, -0.25) is 19.8 Å². The molecular weight excluding hydrogens is 312 g/mol. The Labute approximate surface area is 143 Å². The Kier molecular flexibility index (Phi) is 8.14. The zero-order valence-electron chi connectivity index (χ0n) is 15.1. The third-order valence-electron chi connectivity index (χ3n) is 3.62. The minimum Gasteiger partial charge on any atom is -0.354 e. The first-order valence-corrected chi connectivity index (χ1v) is 8.46. The van der Waals surface area contributed by atoms with Gasteiger partial charge in [-0.05, 0) is 24.7 Å². The lowest BCUT2D eigenvalue weighted by molar-refractivity contribution is -0.130. The van der Waals surface area contributed by atoms with E-state index >= 15 is 0 Å². The molecule has 138 valence electrons. The van der Waals surface area contributed by atoms with Crippen molar-refractivity contribution in [3.63, 3.8) is 0 Å². The summed E-state index contributed by atoms with van der Waals surface area (Å²) in [6.07, 6.45) is -0.233. The molecule has 1 saturated heterocycles. The van der Waals surface area contributed by atoms with Gasteiger partial charge < -0.3 is 15.4 Å². The van der Waals surface area contributed by atoms with Crippen molar-refractivity contribution < 1.29 is 19.1 Å². The zero-order chi connectivity index (χ0) is 18.3. The number of amides is 3. The summed E-state index contributed by atoms with van der Waals surface area (Å²) in [5, 5.41) is 5.55. The van der Waals surface area contributed by atoms with E-state index in [2.05, 4.69) is 35.3 Å². The Morgan fingerprint density at radius 2 is 1.62 bits per heavy atom. The fourth-order valence-electron chi connectivity index (χ4n) is 2.27. The highest BCUT2D eigenvalue weighted by Gasteiger charge is 2.50. The second-order valence-corrected chi connectivity index (χ2v) is 6.88. The Morgan fingerprint density at radius 1 is 1.00 bits per heavy atom. The molecule has 24 heavy (non-hydrogen) atoms. The fourth-order valence-corrected chi connectivity index (χ4v) is 2.27. The molecule has 0 unspecified atom stereocenters. The molecule has 1 aliphatic rings. The maximum atomic E-state index is 12.3. The van der Waals surface area contributed by atoms with Crippen molar-refractivity contribution in [2.45, 2.75) is 58.8 Å². The number of rotatable bonds is 10. The molecule has 0 radical (unpaired) electrons. The molecule has 0 spiro atoms. The van der Waals surface area contributed by atoms with Crippen LogP contribution in [-0.4, -0.2) is 49.6 Å². The van der Waals surface area contributed by atoms with E-state index in [1.807, 2.05) is 13.8 Å². The standard InChI is InChI=1S/C16H30N4O4/c1-9(2)6-7-18-14(21)11(8-10(3)4)19-15(22)12-13(24-12)16(23)20-17-5/h9-13,17H,6-8H2,1-5H3,(H,18,21)(H,19,22)(H,20,23)/t11-,12-,13-/m0/s1. The first-order valence-electron chi connectivity index (χ1n) is 8.46. The molecule has 1 rings (SSSR count). The van der Waals surface area contributed by atoms with Crippen molar-refractivity contribution in [2.24, 2.45) is 11.8 Å². The van der Waals surface area contributed by atoms with Gasteiger partial charge in [0.15, 0.2) is 12.2 Å². The molecule has 0 aromatic heterocycles. The van der Waals surface area contributed by atoms with Crippen LogP contribution in [0.4, 0.5) is 0 Å². The Morgan fingerprint density at radius 3 is 2.17 bits per heavy atom. The molecular formula is C16H30N4O4. The summed E-state index contributed by atoms with van der Waals surface area (Å²) in [6.45, 7) is 8.71. The lowest BCUT2D eigenvalue weighted by Gasteiger charge is -2.20. The summed E-state index contributed by atoms with van der Waals surface area (Å²) in [5.74, 6) is -0.297. The van der Waals surface area contributed by atoms with E-state index in [4.69, 9.17) is 4.74 Å². The van der Waals surface area contributed by atoms with E-state index in [-0.39, 0.29) is 11.8 Å². The third-order valence-corrected chi connectivity index (χ3v) is 3.62. The number of carbonyl (C=O) groups excluding carboxylic acids is 3. The molecule has 1 heterocycles. The van der Waals surface area contributed by atoms with Gasteiger partial charge in [0.1, 0.15) is 6.04 Å². The van der Waals surface area contributed by atoms with E-state index in [0.717, 1.165) is 6.42 Å². The van der Waals surface area contributed by atoms with Gasteiger partial charge >= 0.3 is 0 Å². The van der Waals surface area contributed by atoms with Crippen molar-refractivity contribution in [1.29, 1.82) is 0 Å². The summed E-state index contributed by atoms with van der Waals surface area (Å²) in [4.78, 5) is 36.1. The van der Waals surface area contributed by atoms with Gasteiger partial charge in [-0.15, -0.1) is 0 Å². The monoisotopic (exact) mass is 342 g/mol. The maximum absolute atomic E-state index is 12.3. The second kappa shape index (κ2) is 9.58. The van der Waals surface area contributed by atoms with Crippen molar-refractivity contribution in [3.05, 3.63) is 0 Å². The van der Waals surface area contributed by atoms with Gasteiger partial charge in [0.25, 0.3) is 11.8 Å². The predicted octanol–water partition coefficient (Wildman–Crippen LogP) is -0.302. The number of epoxide rings is 1. The minimum atomic E-state index is -0.837. The summed E-state index contributed by atoms with van der Waals surface area (Å²) in [6, 6.07) is -0.623. The third kappa shape index (κ3) is 6.84. The highest BCUT2D eigenvalue weighted by Crippen LogP contribution is 2.22. The smallest absolute Gasteiger partial charge is 0.266 e. The van der Waals surface area contributed by atoms with Crippen molar-refractivity contribution >= 4 is 17.7 Å². The van der Waals surface area contributed by atoms with Gasteiger partial charge in [0.2, 0.25) is 5.91 Å². The molecule has 8 heteroatoms. The molecule has 0 saturated carbocycles. The van der Waals surface area contributed by atoms with Crippen LogP contribution in [0.15, 0.2) is 0 Å². The average molecular weight is 342 g/mol. The van der Waals surface area contributed by atoms with E-state index in [9.17, 15) is 14.4 Å². The first-order chi connectivity index (χ1) is 11.3. The zero-order valence-corrected chi connectivity index (χ0v) is 15.1. The summed E-state index contributed by atoms with van der Waals surface area (Å²) in [5.41, 5.74) is 4.86. The van der Waals surface area contributed by atoms with E-state index in [1.54, 1.807) is 7.05 Å². The Bertz CT molecular complexity index is 453. The van der Waals surface area contributed by atoms with Crippen LogP contribution < -0.4 is 21.5 Å². The van der Waals surface area contributed by atoms with Gasteiger partial charge in [-0.25, -0.2) is 5.43 Å². The van der Waals surface area contributed by atoms with Gasteiger partial charge in [-0.2, -0.15) is 0 Å². The van der Waals surface area contributed by atoms with E-state index in [1.165, 1.54) is 0 Å². The molecule has 0 aromatic carbocycles. The van der Waals surface area contributed by atoms with Crippen molar-refractivity contribution in [3.8, 4) is 0 Å². The SMILES string of the molecule is CNNC(=O)[C@H]1O[C@@H]1C(=O)N[C@@H](CC(C)C)C(=O)NCCC(C)C. The van der Waals surface area contributed by atoms with Crippen LogP contribution in [0.25, 0.3) is 0 Å². The van der Waals surface area contributed by atoms with E-state index in [0.29, 0.717) is 18.9 Å². The van der Waals surface area contributed by atoms with Crippen LogP contribution in [0.2, 0.25) is 0 Å². The lowest BCUT2D eigenvalue weighted by Crippen LogP contribution is -2.49. The highest BCUT2D eigenvalue weighted by atomic mass is 16.6. The van der Waals surface area contributed by atoms with Crippen LogP contribution >= 0.6 is 0 Å². The molecule has 1 fully saturated rings. The summed E-state index contributed by atoms with van der Waals surface area (Å²) in [7, 11) is 1.55. The van der Waals surface area contributed by atoms with Gasteiger partial charge in [-0.1, -0.05) is 27.7 Å². The second-order valence-electron chi connectivity index (χ2n) is 6.88. The molecule has 0 aromatic rings. The molecule has 8 nitrogen and oxygen atoms in total. The van der Waals surface area contributed by atoms with Crippen LogP contribution in [0, 0.1) is 11.8 Å². The number of nitrogens with one attached hydrogen (secondary N) is 4. The summed E-state index contributed by atoms with van der Waals surface area (Å²) >= 11 is 0. The summed E-state index contributed by atoms with van der Waals surface area (Å²) < 4.78 is 5.10. The molecule has 1 aliphatic heterocycles. The number of ether oxygens (including phenoxy) is 1. The molecule has 3 amide bonds. The molecule has 0 aliphatic carbocycles. The minimum absolute atomic E-state index is 0.199. The van der Waals surface area contributed by atoms with Gasteiger partial charge in [0.05, 0.1) is 0 Å². The van der Waals surface area contributed by atoms with E-state index < -0.39 is 30.1 Å². The first kappa shape index (κ1) is 20.4. The highest BCUT2D eigenvalue weighted by molar-refractivity contribution is 5.96. The normalized spacial score (nSPS) is 20.6. The topological polar surface area (TPSA) is 112 Å². The maximum Gasteiger partial charge on any atom is 0.266 e. The number of carbonyl (C=O) groups is 3. The van der Waals surface area contributed by atoms with Crippen molar-refractivity contribution in [2.75, 3.05) is 13.6 Å². The average Bonchev–Trinajstić information content (AvgIpc) is 3.26. The molecule has 3 atom stereocenters. The van der Waals surface area contributed by atoms with Crippen LogP contribution in [0.5, 0.6) is 0 Å². The quantitative estimate of drug-likeness (QED) is 0.322. The lowest BCUT2D eigenvalue weighted by atomic mass is 10.0. The van der Waals surface area contributed by atoms with Crippen LogP contribution in [0.1, 0.15) is 40.5 Å². The van der Waals surface area contributed by atoms with Crippen LogP contribution in [-0.2, 0) is 19.1 Å². The van der Waals surface area contributed by atoms with Gasteiger partial charge in [0, 0.05) is 13.6 Å². The van der Waals surface area contributed by atoms with Crippen LogP contribution in [0.3, 0.4) is 0 Å². The Balaban J connectivity index is 2.52. The van der Waals surface area contributed by atoms with Crippen molar-refractivity contribution in [1.82, 2.24) is 21.5 Å². The molecule has 0 bridgehead atoms. The fraction of sp³-hybridized carbons (Fsp3) is 0.812. The number of hydrogen-bond donors (Lipinski definition) is 4. The predicted molar refractivity (Wildman–Crippen MR) is 89.7 cm³/mol. The Hall–Kier alpha value is -1.67. The largest absolute Gasteiger partial charge is 0.354 e. The number of hydrazine groups is 1.